The molecule has 32 heavy (non-hydrogen) atoms. The van der Waals surface area contributed by atoms with E-state index in [9.17, 15) is 46.0 Å². The summed E-state index contributed by atoms with van der Waals surface area (Å²) in [5, 5.41) is 99.3. The van der Waals surface area contributed by atoms with E-state index >= 15 is 0 Å². The van der Waals surface area contributed by atoms with Crippen LogP contribution in [0.25, 0.3) is 0 Å². The van der Waals surface area contributed by atoms with Crippen LogP contribution in [0.2, 0.25) is 0 Å². The van der Waals surface area contributed by atoms with Gasteiger partial charge in [0, 0.05) is 42.4 Å². The first kappa shape index (κ1) is 24.0. The van der Waals surface area contributed by atoms with Crippen LogP contribution in [0, 0.1) is 0 Å². The summed E-state index contributed by atoms with van der Waals surface area (Å²) in [5.74, 6) is -6.54. The van der Waals surface area contributed by atoms with Crippen LogP contribution in [0.15, 0.2) is 51.1 Å². The van der Waals surface area contributed by atoms with Gasteiger partial charge in [-0.05, 0) is 6.92 Å². The van der Waals surface area contributed by atoms with Crippen LogP contribution in [0.5, 0.6) is 51.7 Å². The third-order valence-corrected chi connectivity index (χ3v) is 6.20. The van der Waals surface area contributed by atoms with Crippen LogP contribution in [0.4, 0.5) is 0 Å². The molecule has 12 heteroatoms. The number of hydrogen-bond acceptors (Lipinski definition) is 11. The van der Waals surface area contributed by atoms with E-state index in [1.807, 2.05) is 0 Å². The maximum Gasteiger partial charge on any atom is 0.250 e. The number of aromatic hydroxyl groups is 9. The zero-order chi connectivity index (χ0) is 24.3. The Morgan fingerprint density at radius 1 is 0.562 bits per heavy atom. The lowest BCUT2D eigenvalue weighted by molar-refractivity contribution is -0.302. The topological polar surface area (TPSA) is 222 Å². The van der Waals surface area contributed by atoms with E-state index in [1.54, 1.807) is 0 Å². The van der Waals surface area contributed by atoms with E-state index in [2.05, 4.69) is 0 Å². The first-order valence-electron chi connectivity index (χ1n) is 8.50. The third kappa shape index (κ3) is 5.05. The van der Waals surface area contributed by atoms with Crippen LogP contribution < -0.4 is 5.11 Å². The van der Waals surface area contributed by atoms with Gasteiger partial charge in [-0.25, -0.2) is 0 Å². The number of carbonyl (C=O) groups is 1. The van der Waals surface area contributed by atoms with Crippen molar-refractivity contribution in [3.8, 4) is 51.7 Å². The summed E-state index contributed by atoms with van der Waals surface area (Å²) in [4.78, 5) is 7.82. The van der Waals surface area contributed by atoms with E-state index in [0.717, 1.165) is 43.3 Å². The average molecular weight is 466 g/mol. The molecular formula is C20H18O11S. The van der Waals surface area contributed by atoms with Crippen LogP contribution in [0.3, 0.4) is 0 Å². The lowest BCUT2D eigenvalue weighted by Crippen LogP contribution is -2.16. The fourth-order valence-electron chi connectivity index (χ4n) is 2.69. The van der Waals surface area contributed by atoms with Gasteiger partial charge in [0.2, 0.25) is 14.7 Å². The smallest absolute Gasteiger partial charge is 0.250 e. The molecule has 0 spiro atoms. The van der Waals surface area contributed by atoms with Crippen molar-refractivity contribution in [2.45, 2.75) is 21.6 Å². The summed E-state index contributed by atoms with van der Waals surface area (Å²) in [6.45, 7) is 0.972. The van der Waals surface area contributed by atoms with Crippen molar-refractivity contribution in [2.24, 2.45) is 0 Å². The van der Waals surface area contributed by atoms with Crippen molar-refractivity contribution in [3.05, 3.63) is 36.4 Å². The Hall–Kier alpha value is -4.32. The average Bonchev–Trinajstić information content (AvgIpc) is 2.58. The second kappa shape index (κ2) is 9.22. The molecular weight excluding hydrogens is 448 g/mol. The monoisotopic (exact) mass is 466 g/mol. The quantitative estimate of drug-likeness (QED) is 0.246. The number of aliphatic carboxylic acids is 1. The highest BCUT2D eigenvalue weighted by atomic mass is 32.2. The van der Waals surface area contributed by atoms with Crippen molar-refractivity contribution in [2.75, 3.05) is 0 Å². The largest absolute Gasteiger partial charge is 0.550 e. The van der Waals surface area contributed by atoms with Crippen molar-refractivity contribution in [1.29, 1.82) is 0 Å². The number of phenols is 9. The highest BCUT2D eigenvalue weighted by molar-refractivity contribution is 7.97. The summed E-state index contributed by atoms with van der Waals surface area (Å²) >= 11 is 0. The molecule has 0 amide bonds. The molecule has 3 aromatic carbocycles. The van der Waals surface area contributed by atoms with Crippen LogP contribution in [0.1, 0.15) is 6.92 Å². The first-order valence-corrected chi connectivity index (χ1v) is 9.72. The highest BCUT2D eigenvalue weighted by Gasteiger charge is 2.44. The molecule has 0 radical (unpaired) electrons. The van der Waals surface area contributed by atoms with E-state index < -0.39 is 68.6 Å². The maximum absolute atomic E-state index is 10.3. The first-order chi connectivity index (χ1) is 14.8. The number of phenolic OH excluding ortho intramolecular Hbond substituents is 9. The van der Waals surface area contributed by atoms with E-state index in [0.29, 0.717) is 0 Å². The Morgan fingerprint density at radius 2 is 0.719 bits per heavy atom. The van der Waals surface area contributed by atoms with Gasteiger partial charge in [-0.3, -0.25) is 0 Å². The zero-order valence-electron chi connectivity index (χ0n) is 16.2. The second-order valence-corrected chi connectivity index (χ2v) is 8.07. The van der Waals surface area contributed by atoms with Crippen molar-refractivity contribution in [1.82, 2.24) is 0 Å². The molecule has 0 aromatic heterocycles. The normalized spacial score (nSPS) is 10.4. The molecule has 11 nitrogen and oxygen atoms in total. The van der Waals surface area contributed by atoms with Crippen molar-refractivity contribution in [3.63, 3.8) is 0 Å². The van der Waals surface area contributed by atoms with Crippen LogP contribution in [-0.4, -0.2) is 51.9 Å². The number of carboxylic acids is 1. The third-order valence-electron chi connectivity index (χ3n) is 3.72. The Bertz CT molecular complexity index is 966. The molecule has 0 saturated carbocycles. The predicted octanol–water partition coefficient (Wildman–Crippen LogP) is 0.889. The predicted molar refractivity (Wildman–Crippen MR) is 107 cm³/mol. The molecule has 0 atom stereocenters. The van der Waals surface area contributed by atoms with Crippen LogP contribution >= 0.6 is 0 Å². The Balaban J connectivity index is 0.000000837. The molecule has 0 unspecified atom stereocenters. The van der Waals surface area contributed by atoms with Crippen LogP contribution in [-0.2, 0) is 15.7 Å². The van der Waals surface area contributed by atoms with E-state index in [-0.39, 0.29) is 14.7 Å². The SMILES string of the molecule is CC(=O)[O-].Oc1cc(O)c([S+](c2c(O)cc(O)cc2O)c2c(O)cc(O)cc2O)c(O)c1. The lowest BCUT2D eigenvalue weighted by Gasteiger charge is -2.15. The zero-order valence-corrected chi connectivity index (χ0v) is 17.0. The molecule has 3 rings (SSSR count). The second-order valence-electron chi connectivity index (χ2n) is 6.24. The molecule has 0 bridgehead atoms. The molecule has 0 aliphatic rings. The number of hydrogen-bond donors (Lipinski definition) is 9. The highest BCUT2D eigenvalue weighted by Crippen LogP contribution is 2.53. The molecule has 0 saturated heterocycles. The lowest BCUT2D eigenvalue weighted by atomic mass is 10.3. The van der Waals surface area contributed by atoms with Gasteiger partial charge >= 0.3 is 0 Å². The van der Waals surface area contributed by atoms with Gasteiger partial charge in [0.1, 0.15) is 28.1 Å². The van der Waals surface area contributed by atoms with Gasteiger partial charge in [0.25, 0.3) is 0 Å². The summed E-state index contributed by atoms with van der Waals surface area (Å²) < 4.78 is 0. The van der Waals surface area contributed by atoms with Gasteiger partial charge in [-0.2, -0.15) is 0 Å². The minimum Gasteiger partial charge on any atom is -0.550 e. The van der Waals surface area contributed by atoms with Gasteiger partial charge in [-0.15, -0.1) is 0 Å². The van der Waals surface area contributed by atoms with Crippen molar-refractivity contribution >= 4 is 16.9 Å². The molecule has 170 valence electrons. The summed E-state index contributed by atoms with van der Waals surface area (Å²) in [7, 11) is -1.94. The van der Waals surface area contributed by atoms with Gasteiger partial charge in [-0.1, -0.05) is 0 Å². The molecule has 0 fully saturated rings. The number of carboxylic acid groups (broad SMARTS) is 1. The number of benzene rings is 3. The molecule has 0 aliphatic carbocycles. The molecule has 0 heterocycles. The Labute approximate surface area is 182 Å². The fourth-order valence-corrected chi connectivity index (χ4v) is 4.91. The number of carbonyl (C=O) groups excluding carboxylic acids is 1. The molecule has 3 aromatic rings. The number of rotatable bonds is 3. The van der Waals surface area contributed by atoms with E-state index in [4.69, 9.17) is 9.90 Å². The standard InChI is InChI=1S/C18H14O9S.C2H4O2/c19-7-1-10(22)16(11(23)2-7)28(17-12(24)3-8(20)4-13(17)25)18-14(26)5-9(21)6-15(18)27;1-2(3)4/h1-6H,(H8-,19,20,21,22,23,24,25,26,27);1H3,(H,3,4). The minimum atomic E-state index is -1.94. The molecule has 9 N–H and O–H groups in total. The van der Waals surface area contributed by atoms with Gasteiger partial charge in [0.15, 0.2) is 34.5 Å². The fraction of sp³-hybridized carbons (Fsp3) is 0.0500. The Morgan fingerprint density at radius 3 is 0.875 bits per heavy atom. The minimum absolute atomic E-state index is 0.356. The molecule has 0 aliphatic heterocycles. The summed E-state index contributed by atoms with van der Waals surface area (Å²) in [6.07, 6.45) is 0. The summed E-state index contributed by atoms with van der Waals surface area (Å²) in [6, 6.07) is 5.24. The Kier molecular flexibility index (Phi) is 6.90. The van der Waals surface area contributed by atoms with Crippen molar-refractivity contribution < 1.29 is 55.9 Å². The van der Waals surface area contributed by atoms with E-state index in [1.165, 1.54) is 0 Å². The van der Waals surface area contributed by atoms with Gasteiger partial charge < -0.3 is 55.9 Å². The summed E-state index contributed by atoms with van der Waals surface area (Å²) in [5.41, 5.74) is 0. The maximum atomic E-state index is 10.3. The van der Waals surface area contributed by atoms with Gasteiger partial charge in [0.05, 0.1) is 0 Å².